The molecule has 31 heavy (non-hydrogen) atoms. The molecule has 2 rings (SSSR count). The summed E-state index contributed by atoms with van der Waals surface area (Å²) in [4.78, 5) is 12.4. The Bertz CT molecular complexity index is 811. The van der Waals surface area contributed by atoms with Crippen LogP contribution in [0.25, 0.3) is 0 Å². The van der Waals surface area contributed by atoms with Gasteiger partial charge in [-0.25, -0.2) is 0 Å². The van der Waals surface area contributed by atoms with Crippen molar-refractivity contribution in [3.8, 4) is 11.5 Å². The fourth-order valence-electron chi connectivity index (χ4n) is 2.79. The zero-order chi connectivity index (χ0) is 22.3. The molecule has 0 aliphatic heterocycles. The van der Waals surface area contributed by atoms with Gasteiger partial charge in [-0.05, 0) is 62.0 Å². The summed E-state index contributed by atoms with van der Waals surface area (Å²) in [6.07, 6.45) is 4.63. The Labute approximate surface area is 190 Å². The average Bonchev–Trinajstić information content (AvgIpc) is 2.77. The van der Waals surface area contributed by atoms with Gasteiger partial charge in [0.05, 0.1) is 13.2 Å². The molecule has 0 aliphatic rings. The summed E-state index contributed by atoms with van der Waals surface area (Å²) in [5.41, 5.74) is 1.24. The van der Waals surface area contributed by atoms with Crippen molar-refractivity contribution in [1.29, 1.82) is 0 Å². The molecule has 1 amide bonds. The first-order valence-corrected chi connectivity index (χ1v) is 11.2. The summed E-state index contributed by atoms with van der Waals surface area (Å²) in [5, 5.41) is 5.91. The number of unbranched alkanes of at least 4 members (excludes halogenated alkanes) is 3. The van der Waals surface area contributed by atoms with Crippen molar-refractivity contribution in [1.82, 2.24) is 5.32 Å². The second-order valence-corrected chi connectivity index (χ2v) is 7.32. The molecular formula is C24H32N2O4S. The first-order chi connectivity index (χ1) is 15.1. The Hall–Kier alpha value is -2.64. The third-order valence-electron chi connectivity index (χ3n) is 4.40. The summed E-state index contributed by atoms with van der Waals surface area (Å²) in [7, 11) is 0. The molecule has 0 saturated carbocycles. The number of amides is 1. The quantitative estimate of drug-likeness (QED) is 0.327. The maximum Gasteiger partial charge on any atom is 0.257 e. The van der Waals surface area contributed by atoms with Crippen LogP contribution >= 0.6 is 12.2 Å². The van der Waals surface area contributed by atoms with Crippen molar-refractivity contribution in [3.63, 3.8) is 0 Å². The number of rotatable bonds is 13. The van der Waals surface area contributed by atoms with E-state index < -0.39 is 0 Å². The highest BCUT2D eigenvalue weighted by molar-refractivity contribution is 7.80. The van der Waals surface area contributed by atoms with Crippen LogP contribution in [0.2, 0.25) is 0 Å². The Morgan fingerprint density at radius 2 is 1.68 bits per heavy atom. The maximum atomic E-state index is 12.4. The summed E-state index contributed by atoms with van der Waals surface area (Å²) in [5.74, 6) is 1.18. The lowest BCUT2D eigenvalue weighted by molar-refractivity contribution is 0.0977. The number of anilines is 1. The molecule has 0 atom stereocenters. The summed E-state index contributed by atoms with van der Waals surface area (Å²) in [6.45, 7) is 6.48. The van der Waals surface area contributed by atoms with E-state index in [0.717, 1.165) is 17.9 Å². The zero-order valence-corrected chi connectivity index (χ0v) is 19.1. The molecule has 7 heteroatoms. The van der Waals surface area contributed by atoms with Crippen LogP contribution < -0.4 is 20.1 Å². The van der Waals surface area contributed by atoms with Crippen LogP contribution in [-0.4, -0.2) is 37.4 Å². The third-order valence-corrected chi connectivity index (χ3v) is 4.61. The van der Waals surface area contributed by atoms with E-state index >= 15 is 0 Å². The van der Waals surface area contributed by atoms with Gasteiger partial charge < -0.3 is 19.5 Å². The van der Waals surface area contributed by atoms with Gasteiger partial charge in [0.25, 0.3) is 5.91 Å². The van der Waals surface area contributed by atoms with Gasteiger partial charge in [-0.1, -0.05) is 32.3 Å². The monoisotopic (exact) mass is 444 g/mol. The molecule has 0 aromatic heterocycles. The highest BCUT2D eigenvalue weighted by atomic mass is 32.1. The van der Waals surface area contributed by atoms with Gasteiger partial charge in [-0.2, -0.15) is 0 Å². The number of carbonyl (C=O) groups is 1. The molecule has 0 unspecified atom stereocenters. The first kappa shape index (κ1) is 24.6. The number of carbonyl (C=O) groups excluding carboxylic acids is 1. The molecule has 0 aliphatic carbocycles. The van der Waals surface area contributed by atoms with Gasteiger partial charge in [-0.3, -0.25) is 10.1 Å². The van der Waals surface area contributed by atoms with Crippen LogP contribution in [0.5, 0.6) is 11.5 Å². The van der Waals surface area contributed by atoms with E-state index in [1.807, 2.05) is 31.2 Å². The van der Waals surface area contributed by atoms with Crippen LogP contribution in [0.3, 0.4) is 0 Å². The SMILES string of the molecule is CCCCCCOc1ccc(C(=O)NC(=S)Nc2cccc(OCCOCC)c2)cc1. The molecule has 0 saturated heterocycles. The predicted octanol–water partition coefficient (Wildman–Crippen LogP) is 5.19. The van der Waals surface area contributed by atoms with E-state index in [9.17, 15) is 4.79 Å². The van der Waals surface area contributed by atoms with Gasteiger partial charge in [0.2, 0.25) is 0 Å². The van der Waals surface area contributed by atoms with Crippen molar-refractivity contribution in [2.45, 2.75) is 39.5 Å². The van der Waals surface area contributed by atoms with Crippen molar-refractivity contribution in [2.75, 3.05) is 31.7 Å². The number of hydrogen-bond donors (Lipinski definition) is 2. The Morgan fingerprint density at radius 3 is 2.42 bits per heavy atom. The van der Waals surface area contributed by atoms with Crippen molar-refractivity contribution in [3.05, 3.63) is 54.1 Å². The Kier molecular flexibility index (Phi) is 11.4. The number of nitrogens with one attached hydrogen (secondary N) is 2. The van der Waals surface area contributed by atoms with Crippen molar-refractivity contribution >= 4 is 28.9 Å². The van der Waals surface area contributed by atoms with Crippen LogP contribution in [0.1, 0.15) is 49.9 Å². The standard InChI is InChI=1S/C24H32N2O4S/c1-3-5-6-7-15-29-21-13-11-19(12-14-21)23(27)26-24(31)25-20-9-8-10-22(18-20)30-17-16-28-4-2/h8-14,18H,3-7,15-17H2,1-2H3,(H2,25,26,27,31). The topological polar surface area (TPSA) is 68.8 Å². The lowest BCUT2D eigenvalue weighted by Gasteiger charge is -2.12. The second-order valence-electron chi connectivity index (χ2n) is 6.91. The van der Waals surface area contributed by atoms with Crippen molar-refractivity contribution in [2.24, 2.45) is 0 Å². The van der Waals surface area contributed by atoms with Gasteiger partial charge in [0.1, 0.15) is 18.1 Å². The van der Waals surface area contributed by atoms with Gasteiger partial charge >= 0.3 is 0 Å². The number of hydrogen-bond acceptors (Lipinski definition) is 5. The molecule has 2 aromatic rings. The average molecular weight is 445 g/mol. The lowest BCUT2D eigenvalue weighted by Crippen LogP contribution is -2.34. The van der Waals surface area contributed by atoms with Gasteiger partial charge in [0.15, 0.2) is 5.11 Å². The lowest BCUT2D eigenvalue weighted by atomic mass is 10.2. The molecule has 168 valence electrons. The van der Waals surface area contributed by atoms with E-state index in [0.29, 0.717) is 37.7 Å². The second kappa shape index (κ2) is 14.4. The highest BCUT2D eigenvalue weighted by Gasteiger charge is 2.09. The minimum absolute atomic E-state index is 0.215. The van der Waals surface area contributed by atoms with Crippen LogP contribution in [-0.2, 0) is 4.74 Å². The first-order valence-electron chi connectivity index (χ1n) is 10.8. The number of ether oxygens (including phenoxy) is 3. The molecule has 0 spiro atoms. The number of benzene rings is 2. The molecule has 6 nitrogen and oxygen atoms in total. The smallest absolute Gasteiger partial charge is 0.257 e. The number of thiocarbonyl (C=S) groups is 1. The summed E-state index contributed by atoms with van der Waals surface area (Å²) in [6, 6.07) is 14.4. The fourth-order valence-corrected chi connectivity index (χ4v) is 3.00. The largest absolute Gasteiger partial charge is 0.494 e. The molecule has 0 bridgehead atoms. The maximum absolute atomic E-state index is 12.4. The van der Waals surface area contributed by atoms with Crippen LogP contribution in [0, 0.1) is 0 Å². The van der Waals surface area contributed by atoms with Crippen LogP contribution in [0.4, 0.5) is 5.69 Å². The van der Waals surface area contributed by atoms with E-state index in [-0.39, 0.29) is 11.0 Å². The Balaban J connectivity index is 1.78. The highest BCUT2D eigenvalue weighted by Crippen LogP contribution is 2.17. The molecule has 2 aromatic carbocycles. The van der Waals surface area contributed by atoms with Gasteiger partial charge in [-0.15, -0.1) is 0 Å². The third kappa shape index (κ3) is 9.81. The predicted molar refractivity (Wildman–Crippen MR) is 128 cm³/mol. The van der Waals surface area contributed by atoms with E-state index in [2.05, 4.69) is 17.6 Å². The van der Waals surface area contributed by atoms with E-state index in [4.69, 9.17) is 26.4 Å². The van der Waals surface area contributed by atoms with Crippen molar-refractivity contribution < 1.29 is 19.0 Å². The van der Waals surface area contributed by atoms with Gasteiger partial charge in [0, 0.05) is 23.9 Å². The minimum Gasteiger partial charge on any atom is -0.494 e. The Morgan fingerprint density at radius 1 is 0.903 bits per heavy atom. The van der Waals surface area contributed by atoms with Crippen LogP contribution in [0.15, 0.2) is 48.5 Å². The summed E-state index contributed by atoms with van der Waals surface area (Å²) >= 11 is 5.27. The normalized spacial score (nSPS) is 10.4. The molecule has 0 heterocycles. The molecule has 0 radical (unpaired) electrons. The van der Waals surface area contributed by atoms with E-state index in [1.165, 1.54) is 19.3 Å². The molecular weight excluding hydrogens is 412 g/mol. The van der Waals surface area contributed by atoms with E-state index in [1.54, 1.807) is 24.3 Å². The summed E-state index contributed by atoms with van der Waals surface area (Å²) < 4.78 is 16.6. The fraction of sp³-hybridized carbons (Fsp3) is 0.417. The zero-order valence-electron chi connectivity index (χ0n) is 18.3. The molecule has 2 N–H and O–H groups in total. The minimum atomic E-state index is -0.281. The molecule has 0 fully saturated rings.